The third-order valence-corrected chi connectivity index (χ3v) is 4.03. The van der Waals surface area contributed by atoms with E-state index in [0.29, 0.717) is 10.9 Å². The summed E-state index contributed by atoms with van der Waals surface area (Å²) in [4.78, 5) is 2.14. The second kappa shape index (κ2) is 8.65. The Labute approximate surface area is 128 Å². The molecule has 2 N–H and O–H groups in total. The van der Waals surface area contributed by atoms with Crippen LogP contribution >= 0.6 is 11.6 Å². The van der Waals surface area contributed by atoms with Gasteiger partial charge in [0.25, 0.3) is 0 Å². The summed E-state index contributed by atoms with van der Waals surface area (Å²) in [7, 11) is 4.11. The van der Waals surface area contributed by atoms with E-state index >= 15 is 0 Å². The van der Waals surface area contributed by atoms with Crippen LogP contribution in [0.4, 0.5) is 0 Å². The zero-order valence-corrected chi connectivity index (χ0v) is 14.0. The van der Waals surface area contributed by atoms with Crippen LogP contribution in [0.25, 0.3) is 0 Å². The monoisotopic (exact) mass is 300 g/mol. The fraction of sp³-hybridized carbons (Fsp3) is 0.800. The van der Waals surface area contributed by atoms with Gasteiger partial charge in [0.15, 0.2) is 0 Å². The number of rotatable bonds is 9. The molecule has 0 spiro atoms. The first-order valence-corrected chi connectivity index (χ1v) is 8.00. The first-order chi connectivity index (χ1) is 9.51. The van der Waals surface area contributed by atoms with Crippen molar-refractivity contribution in [3.05, 3.63) is 16.9 Å². The lowest BCUT2D eigenvalue weighted by molar-refractivity contribution is 0.333. The Bertz CT molecular complexity index is 383. The fourth-order valence-electron chi connectivity index (χ4n) is 2.64. The van der Waals surface area contributed by atoms with Crippen LogP contribution in [0.2, 0.25) is 5.02 Å². The van der Waals surface area contributed by atoms with Crippen molar-refractivity contribution in [2.24, 2.45) is 11.7 Å². The van der Waals surface area contributed by atoms with Crippen molar-refractivity contribution in [2.75, 3.05) is 20.6 Å². The van der Waals surface area contributed by atoms with Gasteiger partial charge in [-0.05, 0) is 32.9 Å². The molecule has 0 saturated heterocycles. The molecule has 20 heavy (non-hydrogen) atoms. The number of hydrogen-bond donors (Lipinski definition) is 1. The van der Waals surface area contributed by atoms with E-state index in [4.69, 9.17) is 17.3 Å². The normalized spacial score (nSPS) is 13.4. The van der Waals surface area contributed by atoms with Crippen LogP contribution in [-0.2, 0) is 6.54 Å². The molecule has 1 heterocycles. The van der Waals surface area contributed by atoms with Crippen LogP contribution in [0.3, 0.4) is 0 Å². The molecule has 1 aromatic rings. The third kappa shape index (κ3) is 4.76. The third-order valence-electron chi connectivity index (χ3n) is 3.73. The van der Waals surface area contributed by atoms with Crippen molar-refractivity contribution < 1.29 is 0 Å². The van der Waals surface area contributed by atoms with Gasteiger partial charge in [0.05, 0.1) is 29.5 Å². The maximum Gasteiger partial charge on any atom is 0.0834 e. The summed E-state index contributed by atoms with van der Waals surface area (Å²) in [5, 5.41) is 5.09. The molecule has 1 rings (SSSR count). The van der Waals surface area contributed by atoms with E-state index in [0.717, 1.165) is 44.5 Å². The summed E-state index contributed by atoms with van der Waals surface area (Å²) in [6.07, 6.45) is 6.32. The van der Waals surface area contributed by atoms with E-state index < -0.39 is 0 Å². The Hall–Kier alpha value is -0.580. The fourth-order valence-corrected chi connectivity index (χ4v) is 2.91. The topological polar surface area (TPSA) is 47.1 Å². The molecule has 0 radical (unpaired) electrons. The number of nitrogens with two attached hydrogens (primary N) is 1. The number of nitrogens with zero attached hydrogens (tertiary/aromatic N) is 3. The Morgan fingerprint density at radius 3 is 2.40 bits per heavy atom. The van der Waals surface area contributed by atoms with Gasteiger partial charge in [-0.1, -0.05) is 38.3 Å². The van der Waals surface area contributed by atoms with Gasteiger partial charge in [-0.25, -0.2) is 0 Å². The number of aromatic nitrogens is 2. The lowest BCUT2D eigenvalue weighted by Crippen LogP contribution is -2.27. The molecule has 0 amide bonds. The van der Waals surface area contributed by atoms with Crippen LogP contribution in [-0.4, -0.2) is 35.3 Å². The van der Waals surface area contributed by atoms with Gasteiger partial charge in [0.2, 0.25) is 0 Å². The molecule has 0 bridgehead atoms. The Morgan fingerprint density at radius 1 is 1.30 bits per heavy atom. The largest absolute Gasteiger partial charge is 0.322 e. The second-order valence-electron chi connectivity index (χ2n) is 5.77. The van der Waals surface area contributed by atoms with Crippen molar-refractivity contribution in [2.45, 2.75) is 52.1 Å². The molecule has 1 unspecified atom stereocenters. The minimum Gasteiger partial charge on any atom is -0.322 e. The van der Waals surface area contributed by atoms with Gasteiger partial charge in [0.1, 0.15) is 0 Å². The molecule has 0 saturated carbocycles. The van der Waals surface area contributed by atoms with E-state index in [-0.39, 0.29) is 6.04 Å². The summed E-state index contributed by atoms with van der Waals surface area (Å²) < 4.78 is 1.98. The smallest absolute Gasteiger partial charge is 0.0834 e. The van der Waals surface area contributed by atoms with Crippen LogP contribution in [0.5, 0.6) is 0 Å². The van der Waals surface area contributed by atoms with Crippen LogP contribution < -0.4 is 5.73 Å². The van der Waals surface area contributed by atoms with Crippen molar-refractivity contribution in [3.8, 4) is 0 Å². The first-order valence-electron chi connectivity index (χ1n) is 7.62. The van der Waals surface area contributed by atoms with E-state index in [1.165, 1.54) is 0 Å². The van der Waals surface area contributed by atoms with Gasteiger partial charge >= 0.3 is 0 Å². The average molecular weight is 301 g/mol. The zero-order valence-electron chi connectivity index (χ0n) is 13.3. The molecular formula is C15H29ClN4. The van der Waals surface area contributed by atoms with Gasteiger partial charge in [-0.15, -0.1) is 0 Å². The van der Waals surface area contributed by atoms with E-state index in [2.05, 4.69) is 37.9 Å². The Kier molecular flexibility index (Phi) is 7.56. The minimum absolute atomic E-state index is 0.0212. The molecule has 116 valence electrons. The van der Waals surface area contributed by atoms with E-state index in [1.807, 2.05) is 4.68 Å². The predicted octanol–water partition coefficient (Wildman–Crippen LogP) is 3.31. The Balaban J connectivity index is 2.88. The molecule has 1 atom stereocenters. The molecular weight excluding hydrogens is 272 g/mol. The lowest BCUT2D eigenvalue weighted by Gasteiger charge is -2.25. The highest BCUT2D eigenvalue weighted by atomic mass is 35.5. The van der Waals surface area contributed by atoms with E-state index in [1.54, 1.807) is 6.20 Å². The van der Waals surface area contributed by atoms with Crippen LogP contribution in [0.1, 0.15) is 51.3 Å². The molecule has 1 aromatic heterocycles. The van der Waals surface area contributed by atoms with Gasteiger partial charge in [-0.2, -0.15) is 5.10 Å². The SMILES string of the molecule is CCCC(CCC)C(N)c1c(Cl)cnn1CCN(C)C. The summed E-state index contributed by atoms with van der Waals surface area (Å²) >= 11 is 6.32. The maximum atomic E-state index is 6.50. The number of likely N-dealkylation sites (N-methyl/N-ethyl adjacent to an activating group) is 1. The zero-order chi connectivity index (χ0) is 15.1. The van der Waals surface area contributed by atoms with Crippen molar-refractivity contribution >= 4 is 11.6 Å². The predicted molar refractivity (Wildman–Crippen MR) is 86.0 cm³/mol. The standard InChI is InChI=1S/C15H29ClN4/c1-5-7-12(8-6-2)14(17)15-13(16)11-18-20(15)10-9-19(3)4/h11-12,14H,5-10,17H2,1-4H3. The maximum absolute atomic E-state index is 6.50. The second-order valence-corrected chi connectivity index (χ2v) is 6.17. The molecule has 4 nitrogen and oxygen atoms in total. The quantitative estimate of drug-likeness (QED) is 0.761. The number of hydrogen-bond acceptors (Lipinski definition) is 3. The molecule has 0 aliphatic carbocycles. The molecule has 0 fully saturated rings. The molecule has 5 heteroatoms. The van der Waals surface area contributed by atoms with Gasteiger partial charge in [0, 0.05) is 6.54 Å². The van der Waals surface area contributed by atoms with Gasteiger partial charge in [-0.3, -0.25) is 4.68 Å². The average Bonchev–Trinajstić information content (AvgIpc) is 2.76. The van der Waals surface area contributed by atoms with Crippen molar-refractivity contribution in [3.63, 3.8) is 0 Å². The summed E-state index contributed by atoms with van der Waals surface area (Å²) in [5.41, 5.74) is 7.51. The van der Waals surface area contributed by atoms with Crippen LogP contribution in [0.15, 0.2) is 6.20 Å². The summed E-state index contributed by atoms with van der Waals surface area (Å²) in [5.74, 6) is 0.484. The first kappa shape index (κ1) is 17.5. The van der Waals surface area contributed by atoms with Crippen molar-refractivity contribution in [1.82, 2.24) is 14.7 Å². The van der Waals surface area contributed by atoms with Crippen LogP contribution in [0, 0.1) is 5.92 Å². The summed E-state index contributed by atoms with van der Waals surface area (Å²) in [6.45, 7) is 6.18. The molecule has 0 aliphatic heterocycles. The highest BCUT2D eigenvalue weighted by Crippen LogP contribution is 2.31. The highest BCUT2D eigenvalue weighted by Gasteiger charge is 2.24. The Morgan fingerprint density at radius 2 is 1.90 bits per heavy atom. The van der Waals surface area contributed by atoms with Gasteiger partial charge < -0.3 is 10.6 Å². The molecule has 0 aliphatic rings. The van der Waals surface area contributed by atoms with E-state index in [9.17, 15) is 0 Å². The highest BCUT2D eigenvalue weighted by molar-refractivity contribution is 6.31. The molecule has 0 aromatic carbocycles. The lowest BCUT2D eigenvalue weighted by atomic mass is 9.89. The number of halogens is 1. The minimum atomic E-state index is -0.0212. The van der Waals surface area contributed by atoms with Crippen molar-refractivity contribution in [1.29, 1.82) is 0 Å². The summed E-state index contributed by atoms with van der Waals surface area (Å²) in [6, 6.07) is -0.0212.